The maximum atomic E-state index is 10.4. The highest BCUT2D eigenvalue weighted by Gasteiger charge is 2.21. The number of nitrogens with two attached hydrogens (primary N) is 1. The highest BCUT2D eigenvalue weighted by molar-refractivity contribution is 5.72. The number of hydrogen-bond acceptors (Lipinski definition) is 5. The standard InChI is InChI=1S/C7H9N3O3/c1-7(11)3-2-5(10(12)13)6(8)9-4-7/h2-4,11H,8H2,1H3. The molecule has 0 aromatic carbocycles. The molecular formula is C7H9N3O3. The highest BCUT2D eigenvalue weighted by atomic mass is 16.6. The first-order valence-corrected chi connectivity index (χ1v) is 3.53. The SMILES string of the molecule is CC1(O)C=CC([N+](=O)[O-])=C(N)N=C1. The number of nitro groups is 1. The highest BCUT2D eigenvalue weighted by Crippen LogP contribution is 2.13. The van der Waals surface area contributed by atoms with Crippen LogP contribution in [-0.4, -0.2) is 21.8 Å². The number of nitrogens with zero attached hydrogens (tertiary/aromatic N) is 2. The van der Waals surface area contributed by atoms with Crippen molar-refractivity contribution in [1.82, 2.24) is 0 Å². The second kappa shape index (κ2) is 2.98. The second-order valence-corrected chi connectivity index (χ2v) is 2.84. The Morgan fingerprint density at radius 1 is 1.77 bits per heavy atom. The molecule has 0 aromatic heterocycles. The zero-order valence-corrected chi connectivity index (χ0v) is 6.97. The third-order valence-corrected chi connectivity index (χ3v) is 1.50. The van der Waals surface area contributed by atoms with Gasteiger partial charge in [-0.05, 0) is 13.0 Å². The smallest absolute Gasteiger partial charge is 0.310 e. The summed E-state index contributed by atoms with van der Waals surface area (Å²) in [6.45, 7) is 1.45. The molecular weight excluding hydrogens is 174 g/mol. The van der Waals surface area contributed by atoms with E-state index in [4.69, 9.17) is 5.73 Å². The van der Waals surface area contributed by atoms with Crippen LogP contribution in [0.3, 0.4) is 0 Å². The molecule has 0 radical (unpaired) electrons. The van der Waals surface area contributed by atoms with Gasteiger partial charge in [-0.2, -0.15) is 0 Å². The van der Waals surface area contributed by atoms with Crippen LogP contribution in [0.4, 0.5) is 0 Å². The van der Waals surface area contributed by atoms with Crippen molar-refractivity contribution < 1.29 is 10.0 Å². The molecule has 0 amide bonds. The predicted molar refractivity (Wildman–Crippen MR) is 46.5 cm³/mol. The lowest BCUT2D eigenvalue weighted by molar-refractivity contribution is -0.420. The van der Waals surface area contributed by atoms with Gasteiger partial charge in [-0.3, -0.25) is 10.1 Å². The molecule has 0 saturated carbocycles. The second-order valence-electron chi connectivity index (χ2n) is 2.84. The summed E-state index contributed by atoms with van der Waals surface area (Å²) >= 11 is 0. The molecule has 1 aliphatic rings. The summed E-state index contributed by atoms with van der Waals surface area (Å²) in [5, 5.41) is 19.8. The van der Waals surface area contributed by atoms with Gasteiger partial charge in [0.05, 0.1) is 4.92 Å². The van der Waals surface area contributed by atoms with Gasteiger partial charge in [0, 0.05) is 12.3 Å². The van der Waals surface area contributed by atoms with E-state index in [1.54, 1.807) is 0 Å². The molecule has 6 heteroatoms. The van der Waals surface area contributed by atoms with Gasteiger partial charge in [-0.25, -0.2) is 4.99 Å². The number of rotatable bonds is 1. The van der Waals surface area contributed by atoms with Crippen LogP contribution in [0.1, 0.15) is 6.92 Å². The first kappa shape index (κ1) is 9.40. The third kappa shape index (κ3) is 2.12. The molecule has 70 valence electrons. The maximum absolute atomic E-state index is 10.4. The van der Waals surface area contributed by atoms with E-state index in [1.807, 2.05) is 0 Å². The van der Waals surface area contributed by atoms with Crippen LogP contribution in [0.2, 0.25) is 0 Å². The molecule has 0 spiro atoms. The van der Waals surface area contributed by atoms with Crippen molar-refractivity contribution in [2.45, 2.75) is 12.5 Å². The molecule has 1 rings (SSSR count). The molecule has 1 unspecified atom stereocenters. The monoisotopic (exact) mass is 183 g/mol. The molecule has 13 heavy (non-hydrogen) atoms. The van der Waals surface area contributed by atoms with Gasteiger partial charge < -0.3 is 10.8 Å². The Hall–Kier alpha value is -1.69. The first-order chi connectivity index (χ1) is 5.92. The molecule has 1 atom stereocenters. The topological polar surface area (TPSA) is 102 Å². The average molecular weight is 183 g/mol. The minimum Gasteiger partial charge on any atom is -0.380 e. The molecule has 0 fully saturated rings. The summed E-state index contributed by atoms with van der Waals surface area (Å²) in [6.07, 6.45) is 3.55. The van der Waals surface area contributed by atoms with Gasteiger partial charge >= 0.3 is 5.70 Å². The van der Waals surface area contributed by atoms with Crippen molar-refractivity contribution in [3.8, 4) is 0 Å². The van der Waals surface area contributed by atoms with Gasteiger partial charge in [0.2, 0.25) is 5.82 Å². The Kier molecular flexibility index (Phi) is 2.16. The van der Waals surface area contributed by atoms with E-state index in [0.29, 0.717) is 0 Å². The van der Waals surface area contributed by atoms with Crippen LogP contribution in [0.25, 0.3) is 0 Å². The van der Waals surface area contributed by atoms with Gasteiger partial charge in [0.25, 0.3) is 0 Å². The van der Waals surface area contributed by atoms with Gasteiger partial charge in [-0.1, -0.05) is 0 Å². The number of hydrogen-bond donors (Lipinski definition) is 2. The van der Waals surface area contributed by atoms with Crippen LogP contribution in [-0.2, 0) is 0 Å². The summed E-state index contributed by atoms with van der Waals surface area (Å²) in [5.41, 5.74) is 3.68. The van der Waals surface area contributed by atoms with Crippen molar-refractivity contribution in [2.75, 3.05) is 0 Å². The quantitative estimate of drug-likeness (QED) is 0.433. The van der Waals surface area contributed by atoms with Gasteiger partial charge in [-0.15, -0.1) is 0 Å². The fraction of sp³-hybridized carbons (Fsp3) is 0.286. The molecule has 0 bridgehead atoms. The lowest BCUT2D eigenvalue weighted by Gasteiger charge is -2.09. The Morgan fingerprint density at radius 2 is 2.38 bits per heavy atom. The number of allylic oxidation sites excluding steroid dienone is 1. The number of aliphatic imine (C=N–C) groups is 1. The van der Waals surface area contributed by atoms with Gasteiger partial charge in [0.1, 0.15) is 5.60 Å². The van der Waals surface area contributed by atoms with E-state index in [9.17, 15) is 15.2 Å². The summed E-state index contributed by atoms with van der Waals surface area (Å²) in [6, 6.07) is 0. The minimum absolute atomic E-state index is 0.209. The first-order valence-electron chi connectivity index (χ1n) is 3.53. The van der Waals surface area contributed by atoms with E-state index >= 15 is 0 Å². The van der Waals surface area contributed by atoms with E-state index in [1.165, 1.54) is 13.0 Å². The molecule has 1 heterocycles. The van der Waals surface area contributed by atoms with E-state index in [0.717, 1.165) is 12.3 Å². The average Bonchev–Trinajstić information content (AvgIpc) is 2.11. The number of aliphatic hydroxyl groups is 1. The van der Waals surface area contributed by atoms with Crippen molar-refractivity contribution in [3.63, 3.8) is 0 Å². The van der Waals surface area contributed by atoms with Crippen molar-refractivity contribution in [1.29, 1.82) is 0 Å². The Bertz CT molecular complexity index is 328. The predicted octanol–water partition coefficient (Wildman–Crippen LogP) is -0.218. The molecule has 0 aromatic rings. The lowest BCUT2D eigenvalue weighted by atomic mass is 10.1. The van der Waals surface area contributed by atoms with Crippen molar-refractivity contribution >= 4 is 6.21 Å². The zero-order valence-electron chi connectivity index (χ0n) is 6.97. The van der Waals surface area contributed by atoms with Crippen LogP contribution in [0.5, 0.6) is 0 Å². The summed E-state index contributed by atoms with van der Waals surface area (Å²) in [7, 11) is 0. The largest absolute Gasteiger partial charge is 0.380 e. The fourth-order valence-electron chi connectivity index (χ4n) is 0.797. The Labute approximate surface area is 74.2 Å². The Morgan fingerprint density at radius 3 is 2.92 bits per heavy atom. The zero-order chi connectivity index (χ0) is 10.1. The van der Waals surface area contributed by atoms with Crippen LogP contribution in [0, 0.1) is 10.1 Å². The molecule has 0 saturated heterocycles. The van der Waals surface area contributed by atoms with Crippen LogP contribution >= 0.6 is 0 Å². The van der Waals surface area contributed by atoms with Crippen molar-refractivity contribution in [3.05, 3.63) is 33.8 Å². The van der Waals surface area contributed by atoms with Crippen LogP contribution in [0.15, 0.2) is 28.7 Å². The normalized spacial score (nSPS) is 27.5. The third-order valence-electron chi connectivity index (χ3n) is 1.50. The van der Waals surface area contributed by atoms with Gasteiger partial charge in [0.15, 0.2) is 0 Å². The molecule has 1 aliphatic heterocycles. The van der Waals surface area contributed by atoms with E-state index in [-0.39, 0.29) is 11.5 Å². The fourth-order valence-corrected chi connectivity index (χ4v) is 0.797. The summed E-state index contributed by atoms with van der Waals surface area (Å²) in [4.78, 5) is 13.3. The minimum atomic E-state index is -1.29. The maximum Gasteiger partial charge on any atom is 0.310 e. The summed E-state index contributed by atoms with van der Waals surface area (Å²) < 4.78 is 0. The Balaban J connectivity index is 3.12. The lowest BCUT2D eigenvalue weighted by Crippen LogP contribution is -2.22. The van der Waals surface area contributed by atoms with Crippen LogP contribution < -0.4 is 5.73 Å². The van der Waals surface area contributed by atoms with E-state index < -0.39 is 10.5 Å². The van der Waals surface area contributed by atoms with E-state index in [2.05, 4.69) is 4.99 Å². The molecule has 6 nitrogen and oxygen atoms in total. The van der Waals surface area contributed by atoms with Crippen molar-refractivity contribution in [2.24, 2.45) is 10.7 Å². The molecule has 3 N–H and O–H groups in total. The molecule has 0 aliphatic carbocycles. The summed E-state index contributed by atoms with van der Waals surface area (Å²) in [5.74, 6) is -0.209.